The average Bonchev–Trinajstić information content (AvgIpc) is 3.14. The van der Waals surface area contributed by atoms with E-state index in [2.05, 4.69) is 0 Å². The molecule has 6 heteroatoms. The highest BCUT2D eigenvalue weighted by Gasteiger charge is 2.24. The van der Waals surface area contributed by atoms with E-state index in [1.807, 2.05) is 29.2 Å². The first-order valence-corrected chi connectivity index (χ1v) is 8.47. The standard InChI is InChI=1S/C16H14N2O3S/c17-10-15(22(19,20)12-14-5-3-9-21-14)11-18-8-7-13-4-1-2-6-16(13)18/h1-6,9,11H,7-8,12H2/b15-11+. The zero-order valence-electron chi connectivity index (χ0n) is 11.8. The van der Waals surface area contributed by atoms with Crippen LogP contribution in [0.15, 0.2) is 58.2 Å². The normalized spacial score (nSPS) is 14.7. The minimum absolute atomic E-state index is 0.249. The van der Waals surface area contributed by atoms with E-state index in [0.717, 1.165) is 17.7 Å². The molecule has 0 N–H and O–H groups in total. The van der Waals surface area contributed by atoms with Crippen molar-refractivity contribution >= 4 is 15.5 Å². The van der Waals surface area contributed by atoms with Crippen LogP contribution < -0.4 is 4.90 Å². The second kappa shape index (κ2) is 5.70. The van der Waals surface area contributed by atoms with Crippen LogP contribution in [0.3, 0.4) is 0 Å². The lowest BCUT2D eigenvalue weighted by atomic mass is 10.2. The SMILES string of the molecule is N#C/C(=C\N1CCc2ccccc21)S(=O)(=O)Cc1ccco1. The number of hydrogen-bond donors (Lipinski definition) is 0. The Morgan fingerprint density at radius 1 is 1.32 bits per heavy atom. The monoisotopic (exact) mass is 314 g/mol. The molecule has 22 heavy (non-hydrogen) atoms. The van der Waals surface area contributed by atoms with Crippen LogP contribution >= 0.6 is 0 Å². The van der Waals surface area contributed by atoms with Crippen LogP contribution in [0.5, 0.6) is 0 Å². The summed E-state index contributed by atoms with van der Waals surface area (Å²) in [5.41, 5.74) is 2.10. The summed E-state index contributed by atoms with van der Waals surface area (Å²) < 4.78 is 29.8. The lowest BCUT2D eigenvalue weighted by Gasteiger charge is -2.14. The number of nitrogens with zero attached hydrogens (tertiary/aromatic N) is 2. The molecule has 1 aromatic heterocycles. The topological polar surface area (TPSA) is 74.3 Å². The number of nitriles is 1. The Hall–Kier alpha value is -2.52. The third kappa shape index (κ3) is 2.76. The fraction of sp³-hybridized carbons (Fsp3) is 0.188. The van der Waals surface area contributed by atoms with Gasteiger partial charge in [0, 0.05) is 18.4 Å². The molecule has 112 valence electrons. The van der Waals surface area contributed by atoms with Crippen molar-refractivity contribution < 1.29 is 12.8 Å². The van der Waals surface area contributed by atoms with Gasteiger partial charge >= 0.3 is 0 Å². The van der Waals surface area contributed by atoms with Gasteiger partial charge in [-0.25, -0.2) is 8.42 Å². The Bertz CT molecular complexity index is 846. The lowest BCUT2D eigenvalue weighted by Crippen LogP contribution is -2.16. The fourth-order valence-electron chi connectivity index (χ4n) is 2.48. The number of furan rings is 1. The number of rotatable bonds is 4. The number of hydrogen-bond acceptors (Lipinski definition) is 5. The maximum Gasteiger partial charge on any atom is 0.197 e. The first-order valence-electron chi connectivity index (χ1n) is 6.82. The van der Waals surface area contributed by atoms with Gasteiger partial charge in [0.25, 0.3) is 0 Å². The number of anilines is 1. The molecule has 0 atom stereocenters. The second-order valence-corrected chi connectivity index (χ2v) is 6.97. The van der Waals surface area contributed by atoms with Gasteiger partial charge < -0.3 is 9.32 Å². The summed E-state index contributed by atoms with van der Waals surface area (Å²) in [4.78, 5) is 1.56. The van der Waals surface area contributed by atoms with Crippen molar-refractivity contribution in [1.82, 2.24) is 0 Å². The van der Waals surface area contributed by atoms with Crippen molar-refractivity contribution in [3.8, 4) is 6.07 Å². The van der Waals surface area contributed by atoms with Crippen LogP contribution in [0, 0.1) is 11.3 Å². The summed E-state index contributed by atoms with van der Waals surface area (Å²) in [6.07, 6.45) is 3.67. The summed E-state index contributed by atoms with van der Waals surface area (Å²) in [7, 11) is -3.72. The van der Waals surface area contributed by atoms with Crippen LogP contribution in [-0.4, -0.2) is 15.0 Å². The molecule has 0 saturated carbocycles. The Kier molecular flexibility index (Phi) is 3.73. The highest BCUT2D eigenvalue weighted by molar-refractivity contribution is 7.94. The van der Waals surface area contributed by atoms with Gasteiger partial charge in [0.05, 0.1) is 6.26 Å². The van der Waals surface area contributed by atoms with E-state index in [9.17, 15) is 13.7 Å². The number of allylic oxidation sites excluding steroid dienone is 1. The van der Waals surface area contributed by atoms with Crippen molar-refractivity contribution in [2.75, 3.05) is 11.4 Å². The van der Waals surface area contributed by atoms with Crippen LogP contribution in [0.25, 0.3) is 0 Å². The van der Waals surface area contributed by atoms with E-state index in [4.69, 9.17) is 4.42 Å². The summed E-state index contributed by atoms with van der Waals surface area (Å²) >= 11 is 0. The maximum absolute atomic E-state index is 12.4. The van der Waals surface area contributed by atoms with E-state index in [0.29, 0.717) is 12.3 Å². The quantitative estimate of drug-likeness (QED) is 0.811. The van der Waals surface area contributed by atoms with Crippen molar-refractivity contribution in [1.29, 1.82) is 5.26 Å². The Balaban J connectivity index is 1.90. The van der Waals surface area contributed by atoms with Gasteiger partial charge in [-0.15, -0.1) is 0 Å². The van der Waals surface area contributed by atoms with Gasteiger partial charge in [-0.2, -0.15) is 5.26 Å². The van der Waals surface area contributed by atoms with Crippen LogP contribution in [0.1, 0.15) is 11.3 Å². The molecular formula is C16H14N2O3S. The number of fused-ring (bicyclic) bond motifs is 1. The molecule has 0 aliphatic carbocycles. The molecule has 0 saturated heterocycles. The van der Waals surface area contributed by atoms with E-state index in [1.54, 1.807) is 18.2 Å². The lowest BCUT2D eigenvalue weighted by molar-refractivity contribution is 0.522. The minimum atomic E-state index is -3.72. The molecule has 2 aromatic rings. The second-order valence-electron chi connectivity index (χ2n) is 5.02. The third-order valence-corrected chi connectivity index (χ3v) is 5.09. The maximum atomic E-state index is 12.4. The highest BCUT2D eigenvalue weighted by atomic mass is 32.2. The largest absolute Gasteiger partial charge is 0.468 e. The highest BCUT2D eigenvalue weighted by Crippen LogP contribution is 2.29. The number of sulfone groups is 1. The van der Waals surface area contributed by atoms with Crippen LogP contribution in [0.4, 0.5) is 5.69 Å². The fourth-order valence-corrected chi connectivity index (χ4v) is 3.60. The molecule has 0 fully saturated rings. The van der Waals surface area contributed by atoms with E-state index < -0.39 is 9.84 Å². The van der Waals surface area contributed by atoms with Crippen molar-refractivity contribution in [2.24, 2.45) is 0 Å². The Labute approximate surface area is 129 Å². The molecule has 1 aliphatic rings. The molecule has 3 rings (SSSR count). The third-order valence-electron chi connectivity index (χ3n) is 3.55. The molecule has 1 aliphatic heterocycles. The molecule has 2 heterocycles. The molecule has 0 amide bonds. The predicted octanol–water partition coefficient (Wildman–Crippen LogP) is 2.62. The molecule has 0 unspecified atom stereocenters. The van der Waals surface area contributed by atoms with E-state index >= 15 is 0 Å². The summed E-state index contributed by atoms with van der Waals surface area (Å²) in [5.74, 6) is 0.0116. The van der Waals surface area contributed by atoms with Crippen LogP contribution in [0.2, 0.25) is 0 Å². The smallest absolute Gasteiger partial charge is 0.197 e. The zero-order chi connectivity index (χ0) is 15.6. The van der Waals surface area contributed by atoms with Gasteiger partial charge in [-0.05, 0) is 30.2 Å². The van der Waals surface area contributed by atoms with E-state index in [1.165, 1.54) is 12.5 Å². The number of para-hydroxylation sites is 1. The molecular weight excluding hydrogens is 300 g/mol. The van der Waals surface area contributed by atoms with Crippen molar-refractivity contribution in [3.05, 3.63) is 65.1 Å². The molecule has 0 bridgehead atoms. The average molecular weight is 314 g/mol. The first kappa shape index (κ1) is 14.4. The summed E-state index contributed by atoms with van der Waals surface area (Å²) in [5, 5.41) is 9.24. The van der Waals surface area contributed by atoms with Gasteiger partial charge in [0.2, 0.25) is 0 Å². The molecule has 5 nitrogen and oxygen atoms in total. The Morgan fingerprint density at radius 2 is 2.14 bits per heavy atom. The number of benzene rings is 1. The van der Waals surface area contributed by atoms with Gasteiger partial charge in [-0.3, -0.25) is 0 Å². The molecule has 0 radical (unpaired) electrons. The van der Waals surface area contributed by atoms with Crippen LogP contribution in [-0.2, 0) is 22.0 Å². The zero-order valence-corrected chi connectivity index (χ0v) is 12.6. The predicted molar refractivity (Wildman–Crippen MR) is 82.5 cm³/mol. The van der Waals surface area contributed by atoms with Crippen molar-refractivity contribution in [3.63, 3.8) is 0 Å². The van der Waals surface area contributed by atoms with E-state index in [-0.39, 0.29) is 10.7 Å². The van der Waals surface area contributed by atoms with Crippen molar-refractivity contribution in [2.45, 2.75) is 12.2 Å². The van der Waals surface area contributed by atoms with Gasteiger partial charge in [0.15, 0.2) is 14.7 Å². The molecule has 0 spiro atoms. The summed E-state index contributed by atoms with van der Waals surface area (Å²) in [6.45, 7) is 0.667. The van der Waals surface area contributed by atoms with Gasteiger partial charge in [-0.1, -0.05) is 18.2 Å². The van der Waals surface area contributed by atoms with Gasteiger partial charge in [0.1, 0.15) is 17.6 Å². The summed E-state index contributed by atoms with van der Waals surface area (Å²) in [6, 6.07) is 12.8. The first-order chi connectivity index (χ1) is 10.6. The minimum Gasteiger partial charge on any atom is -0.468 e. The molecule has 1 aromatic carbocycles. The Morgan fingerprint density at radius 3 is 2.86 bits per heavy atom.